The van der Waals surface area contributed by atoms with Crippen molar-refractivity contribution in [2.45, 2.75) is 38.6 Å². The molecule has 166 valence electrons. The number of amides is 1. The number of anilines is 2. The van der Waals surface area contributed by atoms with Gasteiger partial charge in [-0.1, -0.05) is 19.1 Å². The van der Waals surface area contributed by atoms with E-state index in [0.717, 1.165) is 36.5 Å². The molecule has 2 heterocycles. The summed E-state index contributed by atoms with van der Waals surface area (Å²) in [5.74, 6) is 1.10. The molecule has 0 unspecified atom stereocenters. The second-order valence-electron chi connectivity index (χ2n) is 9.29. The number of ether oxygens (including phenoxy) is 1. The van der Waals surface area contributed by atoms with Crippen LogP contribution < -0.4 is 14.5 Å². The molecule has 1 fully saturated rings. The van der Waals surface area contributed by atoms with Gasteiger partial charge in [-0.2, -0.15) is 0 Å². The smallest absolute Gasteiger partial charge is 0.241 e. The molecule has 2 aromatic carbocycles. The first-order chi connectivity index (χ1) is 14.8. The van der Waals surface area contributed by atoms with Gasteiger partial charge < -0.3 is 14.5 Å². The molecule has 2 aromatic rings. The summed E-state index contributed by atoms with van der Waals surface area (Å²) in [6, 6.07) is 12.9. The predicted octanol–water partition coefficient (Wildman–Crippen LogP) is 4.28. The summed E-state index contributed by atoms with van der Waals surface area (Å²) in [7, 11) is 1.67. The van der Waals surface area contributed by atoms with Crippen LogP contribution in [0.15, 0.2) is 42.5 Å². The number of methoxy groups -OCH3 is 1. The minimum atomic E-state index is -0.257. The number of rotatable bonds is 4. The van der Waals surface area contributed by atoms with Gasteiger partial charge in [0.05, 0.1) is 19.3 Å². The van der Waals surface area contributed by atoms with Crippen LogP contribution in [-0.2, 0) is 4.79 Å². The van der Waals surface area contributed by atoms with E-state index < -0.39 is 0 Å². The van der Waals surface area contributed by atoms with Crippen molar-refractivity contribution >= 4 is 17.3 Å². The molecule has 6 heteroatoms. The van der Waals surface area contributed by atoms with E-state index >= 15 is 0 Å². The lowest BCUT2D eigenvalue weighted by molar-refractivity contribution is -0.121. The summed E-state index contributed by atoms with van der Waals surface area (Å²) in [4.78, 5) is 19.7. The van der Waals surface area contributed by atoms with Crippen molar-refractivity contribution in [3.63, 3.8) is 0 Å². The lowest BCUT2D eigenvalue weighted by atomic mass is 9.80. The fourth-order valence-electron chi connectivity index (χ4n) is 5.12. The topological polar surface area (TPSA) is 36.0 Å². The number of para-hydroxylation sites is 1. The molecule has 1 saturated heterocycles. The fraction of sp³-hybridized carbons (Fsp3) is 0.480. The Bertz CT molecular complexity index is 954. The third-order valence-electron chi connectivity index (χ3n) is 6.59. The van der Waals surface area contributed by atoms with Crippen molar-refractivity contribution in [1.29, 1.82) is 0 Å². The van der Waals surface area contributed by atoms with Crippen LogP contribution in [0.5, 0.6) is 5.75 Å². The maximum Gasteiger partial charge on any atom is 0.241 e. The molecule has 0 saturated carbocycles. The van der Waals surface area contributed by atoms with Gasteiger partial charge in [0.25, 0.3) is 0 Å². The first-order valence-corrected chi connectivity index (χ1v) is 11.0. The van der Waals surface area contributed by atoms with Crippen molar-refractivity contribution in [3.05, 3.63) is 53.8 Å². The largest absolute Gasteiger partial charge is 0.497 e. The van der Waals surface area contributed by atoms with Crippen molar-refractivity contribution in [1.82, 2.24) is 4.90 Å². The molecule has 0 aromatic heterocycles. The van der Waals surface area contributed by atoms with Crippen molar-refractivity contribution in [2.24, 2.45) is 0 Å². The van der Waals surface area contributed by atoms with Gasteiger partial charge in [-0.25, -0.2) is 4.39 Å². The number of carbonyl (C=O) groups excluding carboxylic acids is 1. The lowest BCUT2D eigenvalue weighted by Gasteiger charge is -2.47. The highest BCUT2D eigenvalue weighted by molar-refractivity contribution is 5.97. The number of nitrogens with zero attached hydrogens (tertiary/aromatic N) is 3. The number of benzene rings is 2. The maximum atomic E-state index is 14.1. The van der Waals surface area contributed by atoms with Crippen LogP contribution in [0, 0.1) is 5.82 Å². The molecular formula is C25H32FN3O2. The Hall–Kier alpha value is -2.60. The van der Waals surface area contributed by atoms with E-state index in [0.29, 0.717) is 31.2 Å². The van der Waals surface area contributed by atoms with Gasteiger partial charge in [0, 0.05) is 37.4 Å². The van der Waals surface area contributed by atoms with Gasteiger partial charge in [0.2, 0.25) is 5.91 Å². The molecule has 0 aliphatic carbocycles. The molecular weight excluding hydrogens is 393 g/mol. The highest BCUT2D eigenvalue weighted by atomic mass is 19.1. The Balaban J connectivity index is 1.47. The van der Waals surface area contributed by atoms with Crippen LogP contribution >= 0.6 is 0 Å². The summed E-state index contributed by atoms with van der Waals surface area (Å²) < 4.78 is 19.5. The molecule has 0 radical (unpaired) electrons. The number of halogens is 1. The second-order valence-corrected chi connectivity index (χ2v) is 9.29. The molecule has 1 atom stereocenters. The lowest BCUT2D eigenvalue weighted by Crippen LogP contribution is -2.56. The van der Waals surface area contributed by atoms with Crippen LogP contribution in [0.3, 0.4) is 0 Å². The average molecular weight is 426 g/mol. The first-order valence-electron chi connectivity index (χ1n) is 11.0. The third kappa shape index (κ3) is 4.26. The van der Waals surface area contributed by atoms with E-state index in [-0.39, 0.29) is 17.3 Å². The van der Waals surface area contributed by atoms with Gasteiger partial charge in [0.15, 0.2) is 0 Å². The van der Waals surface area contributed by atoms with Gasteiger partial charge in [0.1, 0.15) is 11.6 Å². The van der Waals surface area contributed by atoms with Gasteiger partial charge in [-0.15, -0.1) is 0 Å². The monoisotopic (exact) mass is 425 g/mol. The number of hydrogen-bond acceptors (Lipinski definition) is 4. The molecule has 31 heavy (non-hydrogen) atoms. The highest BCUT2D eigenvalue weighted by Gasteiger charge is 2.40. The molecule has 0 N–H and O–H groups in total. The predicted molar refractivity (Wildman–Crippen MR) is 123 cm³/mol. The minimum Gasteiger partial charge on any atom is -0.497 e. The maximum absolute atomic E-state index is 14.1. The van der Waals surface area contributed by atoms with Crippen LogP contribution in [0.25, 0.3) is 0 Å². The third-order valence-corrected chi connectivity index (χ3v) is 6.59. The van der Waals surface area contributed by atoms with Crippen molar-refractivity contribution < 1.29 is 13.9 Å². The zero-order valence-electron chi connectivity index (χ0n) is 18.9. The molecule has 2 aliphatic rings. The van der Waals surface area contributed by atoms with Gasteiger partial charge >= 0.3 is 0 Å². The molecule has 4 rings (SSSR count). The summed E-state index contributed by atoms with van der Waals surface area (Å²) in [6.07, 6.45) is 0.903. The van der Waals surface area contributed by atoms with Crippen molar-refractivity contribution in [3.8, 4) is 5.75 Å². The molecule has 0 bridgehead atoms. The summed E-state index contributed by atoms with van der Waals surface area (Å²) >= 11 is 0. The number of fused-ring (bicyclic) bond motifs is 1. The summed E-state index contributed by atoms with van der Waals surface area (Å²) in [5.41, 5.74) is 2.53. The SMILES string of the molecule is COc1ccc2c(c1)[C@H](C)CC(C)(C)N2C(=O)CN1CCN(c2ccccc2F)CC1. The summed E-state index contributed by atoms with van der Waals surface area (Å²) in [5, 5.41) is 0. The minimum absolute atomic E-state index is 0.114. The summed E-state index contributed by atoms with van der Waals surface area (Å²) in [6.45, 7) is 9.76. The highest BCUT2D eigenvalue weighted by Crippen LogP contribution is 2.44. The Morgan fingerprint density at radius 3 is 2.48 bits per heavy atom. The van der Waals surface area contributed by atoms with Crippen LogP contribution in [0.1, 0.15) is 38.7 Å². The van der Waals surface area contributed by atoms with Crippen molar-refractivity contribution in [2.75, 3.05) is 49.6 Å². The molecule has 1 amide bonds. The molecule has 2 aliphatic heterocycles. The van der Waals surface area contributed by atoms with E-state index in [1.165, 1.54) is 6.07 Å². The average Bonchev–Trinajstić information content (AvgIpc) is 2.74. The van der Waals surface area contributed by atoms with Crippen LogP contribution in [0.2, 0.25) is 0 Å². The number of hydrogen-bond donors (Lipinski definition) is 0. The standard InChI is InChI=1S/C25H32FN3O2/c1-18-16-25(2,3)29(22-10-9-19(31-4)15-20(18)22)24(30)17-27-11-13-28(14-12-27)23-8-6-5-7-21(23)26/h5-10,15,18H,11-14,16-17H2,1-4H3/t18-/m1/s1. The van der Waals surface area contributed by atoms with E-state index in [1.54, 1.807) is 13.2 Å². The zero-order valence-corrected chi connectivity index (χ0v) is 18.9. The van der Waals surface area contributed by atoms with E-state index in [2.05, 4.69) is 36.6 Å². The molecule has 0 spiro atoms. The Morgan fingerprint density at radius 1 is 1.10 bits per heavy atom. The van der Waals surface area contributed by atoms with Gasteiger partial charge in [-0.3, -0.25) is 9.69 Å². The van der Waals surface area contributed by atoms with E-state index in [1.807, 2.05) is 29.2 Å². The zero-order chi connectivity index (χ0) is 22.2. The Labute approximate surface area is 184 Å². The number of piperazine rings is 1. The van der Waals surface area contributed by atoms with E-state index in [4.69, 9.17) is 4.74 Å². The number of carbonyl (C=O) groups is 1. The van der Waals surface area contributed by atoms with E-state index in [9.17, 15) is 9.18 Å². The Kier molecular flexibility index (Phi) is 5.93. The van der Waals surface area contributed by atoms with Gasteiger partial charge in [-0.05, 0) is 62.1 Å². The second kappa shape index (κ2) is 8.50. The van der Waals surface area contributed by atoms with Crippen LogP contribution in [-0.4, -0.2) is 56.2 Å². The molecule has 5 nitrogen and oxygen atoms in total. The normalized spacial score (nSPS) is 21.0. The first kappa shape index (κ1) is 21.6. The van der Waals surface area contributed by atoms with Crippen LogP contribution in [0.4, 0.5) is 15.8 Å². The quantitative estimate of drug-likeness (QED) is 0.733. The Morgan fingerprint density at radius 2 is 1.81 bits per heavy atom. The fourth-order valence-corrected chi connectivity index (χ4v) is 5.12.